The zero-order valence-electron chi connectivity index (χ0n) is 8.03. The highest BCUT2D eigenvalue weighted by molar-refractivity contribution is 6.32. The standard InChI is InChI=1S/C13H9ClO/c14-11-6-3-5-10-8-9-4-1-2-7-12(9)15-13(10)11/h1-7H,8H2. The summed E-state index contributed by atoms with van der Waals surface area (Å²) in [6, 6.07) is 13.9. The smallest absolute Gasteiger partial charge is 0.149 e. The Hall–Kier alpha value is -1.47. The number of benzene rings is 2. The van der Waals surface area contributed by atoms with Crippen molar-refractivity contribution in [2.75, 3.05) is 0 Å². The van der Waals surface area contributed by atoms with Gasteiger partial charge in [0.15, 0.2) is 0 Å². The molecular weight excluding hydrogens is 208 g/mol. The maximum Gasteiger partial charge on any atom is 0.149 e. The van der Waals surface area contributed by atoms with Crippen molar-refractivity contribution in [3.05, 3.63) is 58.6 Å². The van der Waals surface area contributed by atoms with E-state index in [4.69, 9.17) is 16.3 Å². The maximum atomic E-state index is 6.08. The highest BCUT2D eigenvalue weighted by Gasteiger charge is 2.17. The lowest BCUT2D eigenvalue weighted by atomic mass is 10.0. The van der Waals surface area contributed by atoms with Crippen LogP contribution in [0.2, 0.25) is 5.02 Å². The Balaban J connectivity index is 2.15. The maximum absolute atomic E-state index is 6.08. The number of halogens is 1. The third-order valence-corrected chi connectivity index (χ3v) is 2.91. The van der Waals surface area contributed by atoms with E-state index in [2.05, 4.69) is 12.1 Å². The molecule has 0 atom stereocenters. The van der Waals surface area contributed by atoms with Crippen LogP contribution in [0.25, 0.3) is 0 Å². The fourth-order valence-corrected chi connectivity index (χ4v) is 2.10. The topological polar surface area (TPSA) is 9.23 Å². The molecule has 0 N–H and O–H groups in total. The van der Waals surface area contributed by atoms with Crippen LogP contribution >= 0.6 is 11.6 Å². The van der Waals surface area contributed by atoms with Gasteiger partial charge in [0.1, 0.15) is 11.5 Å². The number of ether oxygens (including phenoxy) is 1. The van der Waals surface area contributed by atoms with Crippen molar-refractivity contribution in [2.45, 2.75) is 6.42 Å². The summed E-state index contributed by atoms with van der Waals surface area (Å²) in [6.45, 7) is 0. The Morgan fingerprint density at radius 2 is 1.73 bits per heavy atom. The van der Waals surface area contributed by atoms with Gasteiger partial charge in [0.2, 0.25) is 0 Å². The molecule has 0 radical (unpaired) electrons. The van der Waals surface area contributed by atoms with E-state index >= 15 is 0 Å². The molecule has 0 unspecified atom stereocenters. The van der Waals surface area contributed by atoms with Crippen LogP contribution in [0, 0.1) is 0 Å². The number of fused-ring (bicyclic) bond motifs is 2. The van der Waals surface area contributed by atoms with Gasteiger partial charge in [-0.05, 0) is 17.7 Å². The van der Waals surface area contributed by atoms with E-state index in [1.165, 1.54) is 5.56 Å². The molecule has 0 saturated heterocycles. The molecule has 74 valence electrons. The summed E-state index contributed by atoms with van der Waals surface area (Å²) in [7, 11) is 0. The highest BCUT2D eigenvalue weighted by Crippen LogP contribution is 2.40. The molecule has 1 heterocycles. The van der Waals surface area contributed by atoms with E-state index < -0.39 is 0 Å². The van der Waals surface area contributed by atoms with Crippen LogP contribution in [0.15, 0.2) is 42.5 Å². The second kappa shape index (κ2) is 3.28. The quantitative estimate of drug-likeness (QED) is 0.551. The fraction of sp³-hybridized carbons (Fsp3) is 0.0769. The molecule has 0 saturated carbocycles. The van der Waals surface area contributed by atoms with Crippen LogP contribution in [-0.4, -0.2) is 0 Å². The molecule has 0 aromatic heterocycles. The van der Waals surface area contributed by atoms with E-state index in [0.717, 1.165) is 23.5 Å². The van der Waals surface area contributed by atoms with Crippen LogP contribution in [0.4, 0.5) is 0 Å². The van der Waals surface area contributed by atoms with Crippen molar-refractivity contribution < 1.29 is 4.74 Å². The van der Waals surface area contributed by atoms with Crippen molar-refractivity contribution in [1.82, 2.24) is 0 Å². The molecule has 2 heteroatoms. The van der Waals surface area contributed by atoms with Crippen molar-refractivity contribution in [2.24, 2.45) is 0 Å². The molecule has 0 amide bonds. The van der Waals surface area contributed by atoms with Gasteiger partial charge in [-0.25, -0.2) is 0 Å². The van der Waals surface area contributed by atoms with E-state index in [9.17, 15) is 0 Å². The summed E-state index contributed by atoms with van der Waals surface area (Å²) in [5.74, 6) is 1.72. The first-order valence-corrected chi connectivity index (χ1v) is 5.25. The van der Waals surface area contributed by atoms with Gasteiger partial charge >= 0.3 is 0 Å². The van der Waals surface area contributed by atoms with Gasteiger partial charge in [-0.2, -0.15) is 0 Å². The van der Waals surface area contributed by atoms with Crippen molar-refractivity contribution >= 4 is 11.6 Å². The zero-order chi connectivity index (χ0) is 10.3. The summed E-state index contributed by atoms with van der Waals surface area (Å²) < 4.78 is 5.78. The summed E-state index contributed by atoms with van der Waals surface area (Å²) in [5, 5.41) is 0.682. The minimum Gasteiger partial charge on any atom is -0.455 e. The fourth-order valence-electron chi connectivity index (χ4n) is 1.87. The Morgan fingerprint density at radius 1 is 0.933 bits per heavy atom. The van der Waals surface area contributed by atoms with Crippen LogP contribution in [0.5, 0.6) is 11.5 Å². The number of rotatable bonds is 0. The predicted octanol–water partition coefficient (Wildman–Crippen LogP) is 4.04. The van der Waals surface area contributed by atoms with Crippen LogP contribution in [0.3, 0.4) is 0 Å². The van der Waals surface area contributed by atoms with Crippen molar-refractivity contribution in [3.8, 4) is 11.5 Å². The van der Waals surface area contributed by atoms with Crippen molar-refractivity contribution in [1.29, 1.82) is 0 Å². The number of hydrogen-bond donors (Lipinski definition) is 0. The lowest BCUT2D eigenvalue weighted by Crippen LogP contribution is -2.02. The first kappa shape index (κ1) is 8.81. The Labute approximate surface area is 93.3 Å². The first-order valence-electron chi connectivity index (χ1n) is 4.88. The average Bonchev–Trinajstić information content (AvgIpc) is 2.27. The molecule has 1 aliphatic rings. The summed E-state index contributed by atoms with van der Waals surface area (Å²) >= 11 is 6.08. The van der Waals surface area contributed by atoms with Gasteiger partial charge in [-0.1, -0.05) is 41.9 Å². The highest BCUT2D eigenvalue weighted by atomic mass is 35.5. The largest absolute Gasteiger partial charge is 0.455 e. The molecule has 3 rings (SSSR count). The Kier molecular flexibility index (Phi) is 1.93. The van der Waals surface area contributed by atoms with Crippen LogP contribution in [0.1, 0.15) is 11.1 Å². The second-order valence-corrected chi connectivity index (χ2v) is 4.02. The van der Waals surface area contributed by atoms with E-state index in [1.54, 1.807) is 0 Å². The van der Waals surface area contributed by atoms with Gasteiger partial charge in [0, 0.05) is 12.0 Å². The summed E-state index contributed by atoms with van der Waals surface area (Å²) in [4.78, 5) is 0. The molecule has 15 heavy (non-hydrogen) atoms. The Bertz CT molecular complexity index is 520. The molecular formula is C13H9ClO. The molecule has 1 nitrogen and oxygen atoms in total. The van der Waals surface area contributed by atoms with Crippen molar-refractivity contribution in [3.63, 3.8) is 0 Å². The Morgan fingerprint density at radius 3 is 2.67 bits per heavy atom. The molecule has 0 aliphatic carbocycles. The lowest BCUT2D eigenvalue weighted by Gasteiger charge is -2.20. The van der Waals surface area contributed by atoms with E-state index in [-0.39, 0.29) is 0 Å². The van der Waals surface area contributed by atoms with Crippen LogP contribution < -0.4 is 4.74 Å². The van der Waals surface area contributed by atoms with Gasteiger partial charge in [0.25, 0.3) is 0 Å². The lowest BCUT2D eigenvalue weighted by molar-refractivity contribution is 0.460. The average molecular weight is 217 g/mol. The minimum absolute atomic E-state index is 0.682. The molecule has 1 aliphatic heterocycles. The summed E-state index contributed by atoms with van der Waals surface area (Å²) in [6.07, 6.45) is 0.895. The predicted molar refractivity (Wildman–Crippen MR) is 60.8 cm³/mol. The molecule has 0 spiro atoms. The van der Waals surface area contributed by atoms with Gasteiger partial charge in [-0.15, -0.1) is 0 Å². The monoisotopic (exact) mass is 216 g/mol. The normalized spacial score (nSPS) is 12.6. The van der Waals surface area contributed by atoms with Gasteiger partial charge in [0.05, 0.1) is 5.02 Å². The van der Waals surface area contributed by atoms with E-state index in [1.807, 2.05) is 30.3 Å². The van der Waals surface area contributed by atoms with Gasteiger partial charge < -0.3 is 4.74 Å². The number of hydrogen-bond acceptors (Lipinski definition) is 1. The molecule has 2 aromatic carbocycles. The van der Waals surface area contributed by atoms with Gasteiger partial charge in [-0.3, -0.25) is 0 Å². The SMILES string of the molecule is Clc1cccc2c1Oc1ccccc1C2. The molecule has 2 aromatic rings. The molecule has 0 bridgehead atoms. The second-order valence-electron chi connectivity index (χ2n) is 3.61. The third-order valence-electron chi connectivity index (χ3n) is 2.61. The third kappa shape index (κ3) is 1.40. The summed E-state index contributed by atoms with van der Waals surface area (Å²) in [5.41, 5.74) is 2.37. The minimum atomic E-state index is 0.682. The van der Waals surface area contributed by atoms with E-state index in [0.29, 0.717) is 5.02 Å². The first-order chi connectivity index (χ1) is 7.34. The number of para-hydroxylation sites is 2. The molecule has 0 fully saturated rings. The zero-order valence-corrected chi connectivity index (χ0v) is 8.79. The van der Waals surface area contributed by atoms with Crippen LogP contribution in [-0.2, 0) is 6.42 Å².